The molecule has 1 aromatic heterocycles. The largest absolute Gasteiger partial charge is 0.463 e. The molecule has 0 radical (unpaired) electrons. The fraction of sp³-hybridized carbons (Fsp3) is 0.0625. The van der Waals surface area contributed by atoms with E-state index in [1.54, 1.807) is 30.4 Å². The molecular formula is C32H26N2O3S2. The van der Waals surface area contributed by atoms with Gasteiger partial charge in [0.25, 0.3) is 0 Å². The van der Waals surface area contributed by atoms with E-state index in [4.69, 9.17) is 9.72 Å². The van der Waals surface area contributed by atoms with Gasteiger partial charge < -0.3 is 9.64 Å². The second-order valence-corrected chi connectivity index (χ2v) is 10.7. The van der Waals surface area contributed by atoms with Gasteiger partial charge in [0.15, 0.2) is 0 Å². The Morgan fingerprint density at radius 2 is 1.38 bits per heavy atom. The number of thiazole rings is 1. The number of anilines is 3. The molecule has 0 fully saturated rings. The van der Waals surface area contributed by atoms with E-state index in [9.17, 15) is 9.00 Å². The molecular weight excluding hydrogens is 524 g/mol. The maximum atomic E-state index is 12.6. The number of nitrogens with zero attached hydrogens (tertiary/aromatic N) is 2. The molecule has 1 atom stereocenters. The average molecular weight is 551 g/mol. The quantitative estimate of drug-likeness (QED) is 0.137. The first-order valence-corrected chi connectivity index (χ1v) is 14.5. The summed E-state index contributed by atoms with van der Waals surface area (Å²) in [7, 11) is -1.46. The van der Waals surface area contributed by atoms with Crippen LogP contribution in [0.25, 0.3) is 21.8 Å². The first-order chi connectivity index (χ1) is 19.1. The van der Waals surface area contributed by atoms with Crippen molar-refractivity contribution in [1.82, 2.24) is 4.98 Å². The number of benzene rings is 4. The Kier molecular flexibility index (Phi) is 8.41. The summed E-state index contributed by atoms with van der Waals surface area (Å²) < 4.78 is 17.5. The van der Waals surface area contributed by atoms with Gasteiger partial charge in [0.2, 0.25) is 0 Å². The van der Waals surface area contributed by atoms with Crippen LogP contribution < -0.4 is 4.90 Å². The van der Waals surface area contributed by atoms with Crippen molar-refractivity contribution < 1.29 is 13.7 Å². The normalized spacial score (nSPS) is 11.8. The summed E-state index contributed by atoms with van der Waals surface area (Å²) >= 11 is 1.60. The van der Waals surface area contributed by atoms with Crippen LogP contribution in [-0.2, 0) is 20.3 Å². The van der Waals surface area contributed by atoms with Crippen molar-refractivity contribution in [2.45, 2.75) is 11.8 Å². The van der Waals surface area contributed by atoms with Crippen molar-refractivity contribution in [3.63, 3.8) is 0 Å². The maximum absolute atomic E-state index is 12.6. The van der Waals surface area contributed by atoms with Crippen LogP contribution in [0.5, 0.6) is 0 Å². The third-order valence-electron chi connectivity index (χ3n) is 5.84. The standard InChI is InChI=1S/C32H26N2O3S2/c1-2-37-29(35)22-23-39(36)28-20-18-25(19-21-28)31-33-30(24-12-6-3-7-13-24)32(38-31)34(26-14-8-4-9-15-26)27-16-10-5-11-17-27/h3-23H,2H2,1H3/b23-22-. The molecule has 1 unspecified atom stereocenters. The first kappa shape index (κ1) is 26.3. The van der Waals surface area contributed by atoms with E-state index in [-0.39, 0.29) is 6.61 Å². The number of carbonyl (C=O) groups is 1. The van der Waals surface area contributed by atoms with Crippen molar-refractivity contribution in [2.24, 2.45) is 0 Å². The van der Waals surface area contributed by atoms with Gasteiger partial charge in [-0.25, -0.2) is 14.0 Å². The summed E-state index contributed by atoms with van der Waals surface area (Å²) in [5, 5.41) is 3.19. The Balaban J connectivity index is 1.56. The molecule has 0 bridgehead atoms. The average Bonchev–Trinajstić information content (AvgIpc) is 3.43. The van der Waals surface area contributed by atoms with E-state index in [1.165, 1.54) is 11.5 Å². The van der Waals surface area contributed by atoms with Crippen LogP contribution in [-0.4, -0.2) is 21.8 Å². The second kappa shape index (κ2) is 12.5. The lowest BCUT2D eigenvalue weighted by Gasteiger charge is -2.24. The molecule has 5 nitrogen and oxygen atoms in total. The Morgan fingerprint density at radius 1 is 0.821 bits per heavy atom. The highest BCUT2D eigenvalue weighted by atomic mass is 32.2. The molecule has 0 N–H and O–H groups in total. The van der Waals surface area contributed by atoms with Crippen LogP contribution in [0.4, 0.5) is 16.4 Å². The summed E-state index contributed by atoms with van der Waals surface area (Å²) in [5.41, 5.74) is 4.90. The lowest BCUT2D eigenvalue weighted by molar-refractivity contribution is -0.137. The fourth-order valence-electron chi connectivity index (χ4n) is 4.03. The van der Waals surface area contributed by atoms with Crippen molar-refractivity contribution >= 4 is 44.5 Å². The predicted molar refractivity (Wildman–Crippen MR) is 160 cm³/mol. The molecule has 194 valence electrons. The Morgan fingerprint density at radius 3 is 1.95 bits per heavy atom. The molecule has 0 saturated heterocycles. The van der Waals surface area contributed by atoms with Crippen LogP contribution in [0.15, 0.2) is 132 Å². The molecule has 39 heavy (non-hydrogen) atoms. The molecule has 0 aliphatic carbocycles. The second-order valence-electron chi connectivity index (χ2n) is 8.42. The molecule has 7 heteroatoms. The number of hydrogen-bond donors (Lipinski definition) is 0. The minimum Gasteiger partial charge on any atom is -0.463 e. The van der Waals surface area contributed by atoms with Crippen LogP contribution in [0.3, 0.4) is 0 Å². The number of hydrogen-bond acceptors (Lipinski definition) is 6. The predicted octanol–water partition coefficient (Wildman–Crippen LogP) is 8.13. The van der Waals surface area contributed by atoms with Gasteiger partial charge in [-0.1, -0.05) is 90.2 Å². The monoisotopic (exact) mass is 550 g/mol. The summed E-state index contributed by atoms with van der Waals surface area (Å²) in [6, 6.07) is 38.1. The molecule has 0 saturated carbocycles. The van der Waals surface area contributed by atoms with E-state index in [1.807, 2.05) is 66.7 Å². The number of esters is 1. The lowest BCUT2D eigenvalue weighted by Crippen LogP contribution is -2.09. The smallest absolute Gasteiger partial charge is 0.331 e. The van der Waals surface area contributed by atoms with Crippen LogP contribution in [0.2, 0.25) is 0 Å². The molecule has 0 aliphatic rings. The summed E-state index contributed by atoms with van der Waals surface area (Å²) in [4.78, 5) is 19.5. The van der Waals surface area contributed by atoms with Crippen LogP contribution >= 0.6 is 11.3 Å². The highest BCUT2D eigenvalue weighted by molar-refractivity contribution is 7.88. The number of carbonyl (C=O) groups excluding carboxylic acids is 1. The Hall–Kier alpha value is -4.33. The molecule has 5 aromatic rings. The summed E-state index contributed by atoms with van der Waals surface area (Å²) in [5.74, 6) is -0.507. The number of para-hydroxylation sites is 2. The van der Waals surface area contributed by atoms with Gasteiger partial charge in [0, 0.05) is 38.9 Å². The lowest BCUT2D eigenvalue weighted by atomic mass is 10.1. The van der Waals surface area contributed by atoms with Gasteiger partial charge >= 0.3 is 5.97 Å². The number of rotatable bonds is 9. The van der Waals surface area contributed by atoms with Crippen molar-refractivity contribution in [1.29, 1.82) is 0 Å². The van der Waals surface area contributed by atoms with Gasteiger partial charge in [-0.3, -0.25) is 0 Å². The van der Waals surface area contributed by atoms with Crippen LogP contribution in [0.1, 0.15) is 6.92 Å². The van der Waals surface area contributed by atoms with Crippen LogP contribution in [0, 0.1) is 0 Å². The van der Waals surface area contributed by atoms with Gasteiger partial charge in [-0.05, 0) is 43.3 Å². The van der Waals surface area contributed by atoms with Gasteiger partial charge in [0.05, 0.1) is 17.4 Å². The number of aromatic nitrogens is 1. The minimum absolute atomic E-state index is 0.275. The van der Waals surface area contributed by atoms with E-state index in [0.717, 1.165) is 38.2 Å². The van der Waals surface area contributed by atoms with Crippen molar-refractivity contribution in [3.8, 4) is 21.8 Å². The van der Waals surface area contributed by atoms with E-state index < -0.39 is 16.8 Å². The fourth-order valence-corrected chi connectivity index (χ4v) is 5.96. The maximum Gasteiger partial charge on any atom is 0.331 e. The van der Waals surface area contributed by atoms with Gasteiger partial charge in [-0.2, -0.15) is 0 Å². The molecule has 5 rings (SSSR count). The van der Waals surface area contributed by atoms with E-state index in [0.29, 0.717) is 4.90 Å². The zero-order valence-electron chi connectivity index (χ0n) is 21.3. The third-order valence-corrected chi connectivity index (χ3v) is 8.05. The molecule has 0 aliphatic heterocycles. The zero-order chi connectivity index (χ0) is 27.0. The zero-order valence-corrected chi connectivity index (χ0v) is 22.9. The molecule has 0 spiro atoms. The Labute approximate surface area is 234 Å². The third kappa shape index (κ3) is 6.22. The Bertz CT molecular complexity index is 1540. The van der Waals surface area contributed by atoms with Gasteiger partial charge in [0.1, 0.15) is 15.7 Å². The van der Waals surface area contributed by atoms with Gasteiger partial charge in [-0.15, -0.1) is 0 Å². The van der Waals surface area contributed by atoms with E-state index in [2.05, 4.69) is 41.3 Å². The summed E-state index contributed by atoms with van der Waals surface area (Å²) in [6.07, 6.45) is 1.20. The molecule has 1 heterocycles. The van der Waals surface area contributed by atoms with Crippen molar-refractivity contribution in [3.05, 3.63) is 127 Å². The molecule has 0 amide bonds. The number of ether oxygens (including phenoxy) is 1. The highest BCUT2D eigenvalue weighted by Crippen LogP contribution is 2.46. The SMILES string of the molecule is CCOC(=O)/C=C\S(=O)c1ccc(-c2nc(-c3ccccc3)c(N(c3ccccc3)c3ccccc3)s2)cc1. The van der Waals surface area contributed by atoms with Crippen molar-refractivity contribution in [2.75, 3.05) is 11.5 Å². The highest BCUT2D eigenvalue weighted by Gasteiger charge is 2.22. The first-order valence-electron chi connectivity index (χ1n) is 12.5. The van der Waals surface area contributed by atoms with E-state index >= 15 is 0 Å². The summed E-state index contributed by atoms with van der Waals surface area (Å²) in [6.45, 7) is 2.00. The topological polar surface area (TPSA) is 59.5 Å². The molecule has 4 aromatic carbocycles. The minimum atomic E-state index is -1.46.